The Morgan fingerprint density at radius 1 is 1.39 bits per heavy atom. The Balaban J connectivity index is 2.22. The van der Waals surface area contributed by atoms with Gasteiger partial charge in [-0.2, -0.15) is 18.3 Å². The standard InChI is InChI=1S/C12H14F3N3/c1-16-10(5-6-12(13,14)15)9-8-17-18-7-3-2-4-11(9)18/h2-4,7-8,10,16H,5-6H2,1H3. The van der Waals surface area contributed by atoms with Gasteiger partial charge in [0.15, 0.2) is 0 Å². The van der Waals surface area contributed by atoms with Crippen molar-refractivity contribution in [2.45, 2.75) is 25.1 Å². The number of nitrogens with zero attached hydrogens (tertiary/aromatic N) is 2. The van der Waals surface area contributed by atoms with Crippen molar-refractivity contribution >= 4 is 5.52 Å². The van der Waals surface area contributed by atoms with Crippen LogP contribution in [0.4, 0.5) is 13.2 Å². The van der Waals surface area contributed by atoms with Gasteiger partial charge in [-0.05, 0) is 25.6 Å². The van der Waals surface area contributed by atoms with Crippen molar-refractivity contribution in [1.82, 2.24) is 14.9 Å². The minimum atomic E-state index is -4.13. The molecular formula is C12H14F3N3. The summed E-state index contributed by atoms with van der Waals surface area (Å²) in [6.07, 6.45) is -1.53. The van der Waals surface area contributed by atoms with E-state index in [-0.39, 0.29) is 12.5 Å². The van der Waals surface area contributed by atoms with Gasteiger partial charge < -0.3 is 5.32 Å². The first-order valence-electron chi connectivity index (χ1n) is 5.67. The van der Waals surface area contributed by atoms with E-state index >= 15 is 0 Å². The topological polar surface area (TPSA) is 29.3 Å². The molecule has 98 valence electrons. The Morgan fingerprint density at radius 3 is 2.83 bits per heavy atom. The smallest absolute Gasteiger partial charge is 0.313 e. The lowest BCUT2D eigenvalue weighted by atomic mass is 10.0. The zero-order chi connectivity index (χ0) is 13.2. The first-order valence-corrected chi connectivity index (χ1v) is 5.67. The molecule has 2 rings (SSSR count). The average molecular weight is 257 g/mol. The Kier molecular flexibility index (Phi) is 3.56. The van der Waals surface area contributed by atoms with E-state index in [2.05, 4.69) is 10.4 Å². The monoisotopic (exact) mass is 257 g/mol. The summed E-state index contributed by atoms with van der Waals surface area (Å²) in [5, 5.41) is 7.04. The van der Waals surface area contributed by atoms with Gasteiger partial charge in [-0.3, -0.25) is 0 Å². The highest BCUT2D eigenvalue weighted by Crippen LogP contribution is 2.29. The molecule has 0 radical (unpaired) electrons. The largest absolute Gasteiger partial charge is 0.389 e. The number of alkyl halides is 3. The van der Waals surface area contributed by atoms with Gasteiger partial charge >= 0.3 is 6.18 Å². The quantitative estimate of drug-likeness (QED) is 0.912. The number of hydrogen-bond acceptors (Lipinski definition) is 2. The van der Waals surface area contributed by atoms with Crippen LogP contribution in [0.1, 0.15) is 24.4 Å². The molecule has 0 aliphatic heterocycles. The van der Waals surface area contributed by atoms with Crippen LogP contribution in [0, 0.1) is 0 Å². The normalized spacial score (nSPS) is 14.0. The van der Waals surface area contributed by atoms with Gasteiger partial charge in [0.05, 0.1) is 11.7 Å². The molecule has 0 saturated carbocycles. The lowest BCUT2D eigenvalue weighted by Crippen LogP contribution is -2.19. The fraction of sp³-hybridized carbons (Fsp3) is 0.417. The molecule has 0 aliphatic rings. The van der Waals surface area contributed by atoms with Crippen LogP contribution in [0.3, 0.4) is 0 Å². The second-order valence-corrected chi connectivity index (χ2v) is 4.13. The van der Waals surface area contributed by atoms with E-state index < -0.39 is 12.6 Å². The van der Waals surface area contributed by atoms with Gasteiger partial charge in [-0.25, -0.2) is 4.52 Å². The lowest BCUT2D eigenvalue weighted by molar-refractivity contribution is -0.136. The van der Waals surface area contributed by atoms with Crippen molar-refractivity contribution in [2.75, 3.05) is 7.05 Å². The molecule has 3 nitrogen and oxygen atoms in total. The number of aromatic nitrogens is 2. The third kappa shape index (κ3) is 2.81. The molecule has 0 spiro atoms. The number of fused-ring (bicyclic) bond motifs is 1. The van der Waals surface area contributed by atoms with Crippen LogP contribution in [0.5, 0.6) is 0 Å². The van der Waals surface area contributed by atoms with Gasteiger partial charge in [0.25, 0.3) is 0 Å². The maximum absolute atomic E-state index is 12.3. The Labute approximate surface area is 103 Å². The third-order valence-corrected chi connectivity index (χ3v) is 2.90. The molecule has 0 amide bonds. The number of rotatable bonds is 4. The van der Waals surface area contributed by atoms with Crippen molar-refractivity contribution in [3.05, 3.63) is 36.2 Å². The van der Waals surface area contributed by atoms with Crippen LogP contribution in [0.15, 0.2) is 30.6 Å². The fourth-order valence-corrected chi connectivity index (χ4v) is 1.99. The van der Waals surface area contributed by atoms with Crippen LogP contribution in [0.2, 0.25) is 0 Å². The van der Waals surface area contributed by atoms with E-state index in [1.807, 2.05) is 18.2 Å². The van der Waals surface area contributed by atoms with E-state index in [4.69, 9.17) is 0 Å². The van der Waals surface area contributed by atoms with Gasteiger partial charge in [0.1, 0.15) is 0 Å². The molecule has 2 heterocycles. The van der Waals surface area contributed by atoms with Gasteiger partial charge in [-0.15, -0.1) is 0 Å². The van der Waals surface area contributed by atoms with Crippen LogP contribution < -0.4 is 5.32 Å². The summed E-state index contributed by atoms with van der Waals surface area (Å²) in [5.74, 6) is 0. The average Bonchev–Trinajstić information content (AvgIpc) is 2.73. The van der Waals surface area contributed by atoms with E-state index in [9.17, 15) is 13.2 Å². The van der Waals surface area contributed by atoms with Crippen molar-refractivity contribution in [3.63, 3.8) is 0 Å². The van der Waals surface area contributed by atoms with E-state index in [1.54, 1.807) is 24.0 Å². The second-order valence-electron chi connectivity index (χ2n) is 4.13. The summed E-state index contributed by atoms with van der Waals surface area (Å²) in [7, 11) is 1.66. The van der Waals surface area contributed by atoms with Crippen LogP contribution in [0.25, 0.3) is 5.52 Å². The molecule has 2 aromatic rings. The number of nitrogens with one attached hydrogen (secondary N) is 1. The summed E-state index contributed by atoms with van der Waals surface area (Å²) in [6.45, 7) is 0. The lowest BCUT2D eigenvalue weighted by Gasteiger charge is -2.16. The maximum Gasteiger partial charge on any atom is 0.389 e. The van der Waals surface area contributed by atoms with Crippen LogP contribution >= 0.6 is 0 Å². The molecule has 18 heavy (non-hydrogen) atoms. The van der Waals surface area contributed by atoms with Crippen molar-refractivity contribution in [2.24, 2.45) is 0 Å². The summed E-state index contributed by atoms with van der Waals surface area (Å²) in [4.78, 5) is 0. The number of pyridine rings is 1. The maximum atomic E-state index is 12.3. The van der Waals surface area contributed by atoms with E-state index in [0.717, 1.165) is 11.1 Å². The van der Waals surface area contributed by atoms with Gasteiger partial charge in [0, 0.05) is 24.2 Å². The second kappa shape index (κ2) is 4.97. The summed E-state index contributed by atoms with van der Waals surface area (Å²) >= 11 is 0. The summed E-state index contributed by atoms with van der Waals surface area (Å²) in [6, 6.07) is 5.18. The molecule has 0 fully saturated rings. The van der Waals surface area contributed by atoms with E-state index in [0.29, 0.717) is 0 Å². The van der Waals surface area contributed by atoms with Gasteiger partial charge in [0.2, 0.25) is 0 Å². The first kappa shape index (κ1) is 12.9. The third-order valence-electron chi connectivity index (χ3n) is 2.90. The molecule has 1 N–H and O–H groups in total. The zero-order valence-corrected chi connectivity index (χ0v) is 9.91. The van der Waals surface area contributed by atoms with Crippen molar-refractivity contribution < 1.29 is 13.2 Å². The highest BCUT2D eigenvalue weighted by Gasteiger charge is 2.29. The zero-order valence-electron chi connectivity index (χ0n) is 9.91. The number of halogens is 3. The number of hydrogen-bond donors (Lipinski definition) is 1. The molecule has 1 unspecified atom stereocenters. The highest BCUT2D eigenvalue weighted by molar-refractivity contribution is 5.54. The Hall–Kier alpha value is -1.56. The fourth-order valence-electron chi connectivity index (χ4n) is 1.99. The molecular weight excluding hydrogens is 243 g/mol. The molecule has 1 atom stereocenters. The van der Waals surface area contributed by atoms with Crippen molar-refractivity contribution in [3.8, 4) is 0 Å². The van der Waals surface area contributed by atoms with Crippen LogP contribution in [-0.4, -0.2) is 22.8 Å². The van der Waals surface area contributed by atoms with E-state index in [1.165, 1.54) is 0 Å². The highest BCUT2D eigenvalue weighted by atomic mass is 19.4. The predicted octanol–water partition coefficient (Wildman–Crippen LogP) is 2.94. The summed E-state index contributed by atoms with van der Waals surface area (Å²) < 4.78 is 38.4. The van der Waals surface area contributed by atoms with Gasteiger partial charge in [-0.1, -0.05) is 6.07 Å². The molecule has 0 aromatic carbocycles. The minimum Gasteiger partial charge on any atom is -0.313 e. The Bertz CT molecular complexity index is 519. The first-order chi connectivity index (χ1) is 8.51. The molecule has 6 heteroatoms. The predicted molar refractivity (Wildman–Crippen MR) is 62.3 cm³/mol. The summed E-state index contributed by atoms with van der Waals surface area (Å²) in [5.41, 5.74) is 1.63. The molecule has 0 aliphatic carbocycles. The molecule has 2 aromatic heterocycles. The van der Waals surface area contributed by atoms with Crippen LogP contribution in [-0.2, 0) is 0 Å². The molecule has 0 saturated heterocycles. The SMILES string of the molecule is CNC(CCC(F)(F)F)c1cnn2ccccc12. The molecule has 0 bridgehead atoms. The Morgan fingerprint density at radius 2 is 2.17 bits per heavy atom. The minimum absolute atomic E-state index is 0.0102. The van der Waals surface area contributed by atoms with Crippen molar-refractivity contribution in [1.29, 1.82) is 0 Å².